The van der Waals surface area contributed by atoms with E-state index in [4.69, 9.17) is 10.5 Å². The van der Waals surface area contributed by atoms with E-state index in [-0.39, 0.29) is 17.3 Å². The van der Waals surface area contributed by atoms with Gasteiger partial charge in [0.05, 0.1) is 5.56 Å². The zero-order valence-corrected chi connectivity index (χ0v) is 11.9. The number of carbonyl (C=O) groups excluding carboxylic acids is 1. The second kappa shape index (κ2) is 4.10. The van der Waals surface area contributed by atoms with Gasteiger partial charge < -0.3 is 15.8 Å². The number of rotatable bonds is 0. The van der Waals surface area contributed by atoms with Crippen LogP contribution in [0.5, 0.6) is 5.88 Å². The van der Waals surface area contributed by atoms with Crippen LogP contribution in [0, 0.1) is 24.1 Å². The Bertz CT molecular complexity index is 955. The SMILES string of the molecule is Cc1[nH]nc2c1[C@@]1(C(=O)Nc3ccc(F)cc31)C(C#N)=C(N)O2. The number of nitriles is 1. The Morgan fingerprint density at radius 3 is 3.00 bits per heavy atom. The molecule has 0 saturated carbocycles. The number of halogens is 1. The van der Waals surface area contributed by atoms with Gasteiger partial charge in [-0.15, -0.1) is 5.10 Å². The Morgan fingerprint density at radius 1 is 1.48 bits per heavy atom. The van der Waals surface area contributed by atoms with Gasteiger partial charge in [0, 0.05) is 16.9 Å². The molecule has 0 saturated heterocycles. The van der Waals surface area contributed by atoms with Crippen LogP contribution in [0.1, 0.15) is 16.8 Å². The molecule has 2 aliphatic heterocycles. The number of hydrogen-bond donors (Lipinski definition) is 3. The number of nitrogens with zero attached hydrogens (tertiary/aromatic N) is 2. The minimum Gasteiger partial charge on any atom is -0.420 e. The average molecular weight is 311 g/mol. The van der Waals surface area contributed by atoms with Crippen LogP contribution in [0.2, 0.25) is 0 Å². The van der Waals surface area contributed by atoms with Gasteiger partial charge in [0.25, 0.3) is 0 Å². The molecule has 0 bridgehead atoms. The molecule has 0 radical (unpaired) electrons. The number of amides is 1. The molecule has 3 heterocycles. The van der Waals surface area contributed by atoms with E-state index in [0.29, 0.717) is 22.5 Å². The smallest absolute Gasteiger partial charge is 0.245 e. The van der Waals surface area contributed by atoms with E-state index in [2.05, 4.69) is 15.5 Å². The Labute approximate surface area is 129 Å². The van der Waals surface area contributed by atoms with Crippen molar-refractivity contribution >= 4 is 11.6 Å². The maximum absolute atomic E-state index is 13.8. The van der Waals surface area contributed by atoms with E-state index in [1.54, 1.807) is 6.92 Å². The molecule has 0 unspecified atom stereocenters. The number of aromatic amines is 1. The number of carbonyl (C=O) groups is 1. The number of H-pyrrole nitrogens is 1. The highest BCUT2D eigenvalue weighted by molar-refractivity contribution is 6.12. The maximum Gasteiger partial charge on any atom is 0.245 e. The van der Waals surface area contributed by atoms with Gasteiger partial charge in [-0.3, -0.25) is 9.89 Å². The molecule has 2 aromatic rings. The first kappa shape index (κ1) is 13.3. The molecule has 1 amide bonds. The summed E-state index contributed by atoms with van der Waals surface area (Å²) in [4.78, 5) is 12.9. The van der Waals surface area contributed by atoms with Crippen LogP contribution in [0.15, 0.2) is 29.7 Å². The second-order valence-corrected chi connectivity index (χ2v) is 5.38. The van der Waals surface area contributed by atoms with E-state index in [1.165, 1.54) is 18.2 Å². The van der Waals surface area contributed by atoms with Crippen LogP contribution in [0.4, 0.5) is 10.1 Å². The van der Waals surface area contributed by atoms with Crippen molar-refractivity contribution in [2.45, 2.75) is 12.3 Å². The second-order valence-electron chi connectivity index (χ2n) is 5.38. The van der Waals surface area contributed by atoms with Crippen molar-refractivity contribution in [3.05, 3.63) is 52.3 Å². The number of anilines is 1. The molecule has 4 rings (SSSR count). The van der Waals surface area contributed by atoms with E-state index >= 15 is 0 Å². The Kier molecular flexibility index (Phi) is 2.38. The summed E-state index contributed by atoms with van der Waals surface area (Å²) in [5, 5.41) is 19.0. The number of ether oxygens (including phenoxy) is 1. The molecular weight excluding hydrogens is 301 g/mol. The van der Waals surface area contributed by atoms with Gasteiger partial charge in [0.15, 0.2) is 0 Å². The summed E-state index contributed by atoms with van der Waals surface area (Å²) in [6.45, 7) is 1.69. The lowest BCUT2D eigenvalue weighted by atomic mass is 9.69. The molecular formula is C15H10FN5O2. The summed E-state index contributed by atoms with van der Waals surface area (Å²) in [6.07, 6.45) is 0. The average Bonchev–Trinajstić information content (AvgIpc) is 3.00. The van der Waals surface area contributed by atoms with Gasteiger partial charge >= 0.3 is 0 Å². The van der Waals surface area contributed by atoms with Crippen LogP contribution in [-0.2, 0) is 10.2 Å². The summed E-state index contributed by atoms with van der Waals surface area (Å²) in [7, 11) is 0. The molecule has 7 nitrogen and oxygen atoms in total. The van der Waals surface area contributed by atoms with E-state index in [9.17, 15) is 14.4 Å². The van der Waals surface area contributed by atoms with Gasteiger partial charge in [-0.05, 0) is 25.1 Å². The largest absolute Gasteiger partial charge is 0.420 e. The first-order valence-electron chi connectivity index (χ1n) is 6.75. The van der Waals surface area contributed by atoms with E-state index in [1.807, 2.05) is 6.07 Å². The highest BCUT2D eigenvalue weighted by Crippen LogP contribution is 2.53. The molecule has 0 aliphatic carbocycles. The summed E-state index contributed by atoms with van der Waals surface area (Å²) >= 11 is 0. The Hall–Kier alpha value is -3.34. The lowest BCUT2D eigenvalue weighted by Crippen LogP contribution is -2.42. The van der Waals surface area contributed by atoms with Gasteiger partial charge in [-0.1, -0.05) is 0 Å². The molecule has 0 fully saturated rings. The number of nitrogens with one attached hydrogen (secondary N) is 2. The molecule has 2 aliphatic rings. The van der Waals surface area contributed by atoms with Crippen molar-refractivity contribution in [1.29, 1.82) is 5.26 Å². The monoisotopic (exact) mass is 311 g/mol. The first-order valence-corrected chi connectivity index (χ1v) is 6.75. The van der Waals surface area contributed by atoms with E-state index < -0.39 is 17.1 Å². The summed E-state index contributed by atoms with van der Waals surface area (Å²) in [6, 6.07) is 5.85. The minimum atomic E-state index is -1.57. The fraction of sp³-hybridized carbons (Fsp3) is 0.133. The molecule has 1 atom stereocenters. The third-order valence-corrected chi connectivity index (χ3v) is 4.20. The molecule has 114 valence electrons. The molecule has 1 aromatic carbocycles. The Balaban J connectivity index is 2.19. The van der Waals surface area contributed by atoms with Crippen LogP contribution >= 0.6 is 0 Å². The van der Waals surface area contributed by atoms with Crippen molar-refractivity contribution in [2.24, 2.45) is 5.73 Å². The molecule has 1 aromatic heterocycles. The van der Waals surface area contributed by atoms with Gasteiger partial charge in [-0.2, -0.15) is 5.26 Å². The topological polar surface area (TPSA) is 117 Å². The van der Waals surface area contributed by atoms with Crippen LogP contribution in [0.25, 0.3) is 0 Å². The molecule has 23 heavy (non-hydrogen) atoms. The first-order chi connectivity index (χ1) is 11.0. The fourth-order valence-electron chi connectivity index (χ4n) is 3.30. The lowest BCUT2D eigenvalue weighted by molar-refractivity contribution is -0.118. The van der Waals surface area contributed by atoms with Gasteiger partial charge in [-0.25, -0.2) is 4.39 Å². The Morgan fingerprint density at radius 2 is 2.26 bits per heavy atom. The highest BCUT2D eigenvalue weighted by Gasteiger charge is 2.58. The number of hydrogen-bond acceptors (Lipinski definition) is 5. The van der Waals surface area contributed by atoms with Crippen molar-refractivity contribution in [2.75, 3.05) is 5.32 Å². The molecule has 8 heteroatoms. The number of fused-ring (bicyclic) bond motifs is 4. The summed E-state index contributed by atoms with van der Waals surface area (Å²) < 4.78 is 19.2. The third-order valence-electron chi connectivity index (χ3n) is 4.20. The predicted octanol–water partition coefficient (Wildman–Crippen LogP) is 1.18. The zero-order valence-electron chi connectivity index (χ0n) is 11.9. The summed E-state index contributed by atoms with van der Waals surface area (Å²) in [5.41, 5.74) is 5.82. The highest BCUT2D eigenvalue weighted by atomic mass is 19.1. The minimum absolute atomic E-state index is 0.0867. The van der Waals surface area contributed by atoms with Crippen LogP contribution < -0.4 is 15.8 Å². The van der Waals surface area contributed by atoms with Gasteiger partial charge in [0.2, 0.25) is 17.7 Å². The van der Waals surface area contributed by atoms with Gasteiger partial charge in [0.1, 0.15) is 22.9 Å². The summed E-state index contributed by atoms with van der Waals surface area (Å²) in [5.74, 6) is -1.14. The fourth-order valence-corrected chi connectivity index (χ4v) is 3.30. The predicted molar refractivity (Wildman–Crippen MR) is 76.6 cm³/mol. The molecule has 4 N–H and O–H groups in total. The van der Waals surface area contributed by atoms with Crippen molar-refractivity contribution in [3.63, 3.8) is 0 Å². The molecule has 1 spiro atoms. The number of benzene rings is 1. The quantitative estimate of drug-likeness (QED) is 0.675. The number of nitrogens with two attached hydrogens (primary N) is 1. The van der Waals surface area contributed by atoms with Crippen molar-refractivity contribution < 1.29 is 13.9 Å². The maximum atomic E-state index is 13.8. The van der Waals surface area contributed by atoms with Crippen molar-refractivity contribution in [3.8, 4) is 11.9 Å². The van der Waals surface area contributed by atoms with Crippen molar-refractivity contribution in [1.82, 2.24) is 10.2 Å². The third kappa shape index (κ3) is 1.41. The van der Waals surface area contributed by atoms with Crippen LogP contribution in [-0.4, -0.2) is 16.1 Å². The number of aryl methyl sites for hydroxylation is 1. The zero-order chi connectivity index (χ0) is 16.4. The lowest BCUT2D eigenvalue weighted by Gasteiger charge is -2.31. The van der Waals surface area contributed by atoms with Crippen LogP contribution in [0.3, 0.4) is 0 Å². The number of aromatic nitrogens is 2. The van der Waals surface area contributed by atoms with E-state index in [0.717, 1.165) is 0 Å². The standard InChI is InChI=1S/C15H10FN5O2/c1-6-11-13(21-20-6)23-12(18)9(5-17)15(11)8-4-7(16)2-3-10(8)19-14(15)22/h2-4H,18H2,1H3,(H,19,22)(H,20,21)/t15-/m0/s1. The normalized spacial score (nSPS) is 21.5.